The zero-order valence-electron chi connectivity index (χ0n) is 14.1. The summed E-state index contributed by atoms with van der Waals surface area (Å²) < 4.78 is 64.4. The first kappa shape index (κ1) is 22.4. The Kier molecular flexibility index (Phi) is 7.36. The highest BCUT2D eigenvalue weighted by Crippen LogP contribution is 2.30. The SMILES string of the molecule is O=C(CCOC(=O)Nc1ccc(I)cc1)Oc1c(F)c(F)c(C(=O)O)c(F)c1F. The van der Waals surface area contributed by atoms with Crippen molar-refractivity contribution in [2.24, 2.45) is 0 Å². The van der Waals surface area contributed by atoms with Gasteiger partial charge < -0.3 is 14.6 Å². The number of carbonyl (C=O) groups is 3. The van der Waals surface area contributed by atoms with Crippen LogP contribution < -0.4 is 10.1 Å². The van der Waals surface area contributed by atoms with Gasteiger partial charge in [-0.2, -0.15) is 8.78 Å². The molecule has 12 heteroatoms. The van der Waals surface area contributed by atoms with Gasteiger partial charge in [-0.1, -0.05) is 0 Å². The number of hydrogen-bond acceptors (Lipinski definition) is 5. The number of esters is 1. The van der Waals surface area contributed by atoms with E-state index in [1.807, 2.05) is 0 Å². The Labute approximate surface area is 173 Å². The normalized spacial score (nSPS) is 10.4. The van der Waals surface area contributed by atoms with Crippen molar-refractivity contribution in [2.75, 3.05) is 11.9 Å². The monoisotopic (exact) mass is 527 g/mol. The molecule has 0 aromatic heterocycles. The Balaban J connectivity index is 1.95. The van der Waals surface area contributed by atoms with Crippen LogP contribution in [0.25, 0.3) is 0 Å². The van der Waals surface area contributed by atoms with Gasteiger partial charge in [-0.25, -0.2) is 18.4 Å². The molecule has 0 saturated heterocycles. The molecule has 0 aliphatic rings. The van der Waals surface area contributed by atoms with Crippen molar-refractivity contribution < 1.29 is 46.5 Å². The second kappa shape index (κ2) is 9.54. The number of halogens is 5. The molecule has 2 rings (SSSR count). The highest BCUT2D eigenvalue weighted by molar-refractivity contribution is 14.1. The average Bonchev–Trinajstić information content (AvgIpc) is 2.65. The molecule has 0 atom stereocenters. The summed E-state index contributed by atoms with van der Waals surface area (Å²) in [7, 11) is 0. The quantitative estimate of drug-likeness (QED) is 0.193. The minimum atomic E-state index is -2.25. The highest BCUT2D eigenvalue weighted by Gasteiger charge is 2.31. The number of carboxylic acids is 1. The van der Waals surface area contributed by atoms with Crippen molar-refractivity contribution in [2.45, 2.75) is 6.42 Å². The van der Waals surface area contributed by atoms with Crippen LogP contribution in [-0.2, 0) is 9.53 Å². The second-order valence-electron chi connectivity index (χ2n) is 5.26. The summed E-state index contributed by atoms with van der Waals surface area (Å²) >= 11 is 2.06. The Morgan fingerprint density at radius 2 is 1.52 bits per heavy atom. The summed E-state index contributed by atoms with van der Waals surface area (Å²) in [6.07, 6.45) is -1.64. The molecule has 154 valence electrons. The van der Waals surface area contributed by atoms with Crippen molar-refractivity contribution in [3.63, 3.8) is 0 Å². The third-order valence-corrected chi connectivity index (χ3v) is 4.00. The third kappa shape index (κ3) is 5.56. The van der Waals surface area contributed by atoms with Gasteiger partial charge in [0.05, 0.1) is 6.42 Å². The first-order valence-electron chi connectivity index (χ1n) is 7.61. The van der Waals surface area contributed by atoms with Crippen LogP contribution in [0.4, 0.5) is 28.0 Å². The second-order valence-corrected chi connectivity index (χ2v) is 6.50. The van der Waals surface area contributed by atoms with E-state index in [0.29, 0.717) is 5.69 Å². The molecule has 2 N–H and O–H groups in total. The van der Waals surface area contributed by atoms with Crippen LogP contribution in [0.3, 0.4) is 0 Å². The molecule has 0 radical (unpaired) electrons. The van der Waals surface area contributed by atoms with Crippen LogP contribution in [0.15, 0.2) is 24.3 Å². The summed E-state index contributed by atoms with van der Waals surface area (Å²) in [5.74, 6) is -14.2. The maximum absolute atomic E-state index is 13.7. The lowest BCUT2D eigenvalue weighted by Crippen LogP contribution is -2.19. The number of carbonyl (C=O) groups excluding carboxylic acids is 2. The molecular weight excluding hydrogens is 517 g/mol. The maximum Gasteiger partial charge on any atom is 0.411 e. The molecule has 29 heavy (non-hydrogen) atoms. The number of aromatic carboxylic acids is 1. The van der Waals surface area contributed by atoms with Gasteiger partial charge in [0.2, 0.25) is 17.4 Å². The number of ether oxygens (including phenoxy) is 2. The van der Waals surface area contributed by atoms with Crippen LogP contribution in [0.5, 0.6) is 5.75 Å². The van der Waals surface area contributed by atoms with Gasteiger partial charge in [-0.15, -0.1) is 0 Å². The van der Waals surface area contributed by atoms with E-state index >= 15 is 0 Å². The number of benzene rings is 2. The molecule has 0 fully saturated rings. The predicted molar refractivity (Wildman–Crippen MR) is 97.6 cm³/mol. The number of nitrogens with one attached hydrogen (secondary N) is 1. The van der Waals surface area contributed by atoms with Gasteiger partial charge in [0.15, 0.2) is 11.6 Å². The van der Waals surface area contributed by atoms with E-state index in [0.717, 1.165) is 3.57 Å². The van der Waals surface area contributed by atoms with Gasteiger partial charge in [0.1, 0.15) is 12.2 Å². The van der Waals surface area contributed by atoms with Crippen molar-refractivity contribution in [1.29, 1.82) is 0 Å². The first-order chi connectivity index (χ1) is 13.6. The smallest absolute Gasteiger partial charge is 0.411 e. The molecule has 2 aromatic rings. The molecule has 0 aliphatic carbocycles. The molecule has 1 amide bonds. The van der Waals surface area contributed by atoms with Crippen LogP contribution in [0.2, 0.25) is 0 Å². The Morgan fingerprint density at radius 3 is 2.03 bits per heavy atom. The average molecular weight is 527 g/mol. The Morgan fingerprint density at radius 1 is 0.966 bits per heavy atom. The number of hydrogen-bond donors (Lipinski definition) is 2. The summed E-state index contributed by atoms with van der Waals surface area (Å²) in [6, 6.07) is 6.61. The third-order valence-electron chi connectivity index (χ3n) is 3.28. The largest absolute Gasteiger partial charge is 0.477 e. The number of anilines is 1. The van der Waals surface area contributed by atoms with Crippen LogP contribution >= 0.6 is 22.6 Å². The molecule has 0 saturated carbocycles. The van der Waals surface area contributed by atoms with E-state index in [1.54, 1.807) is 24.3 Å². The van der Waals surface area contributed by atoms with E-state index < -0.39 is 65.6 Å². The van der Waals surface area contributed by atoms with E-state index in [-0.39, 0.29) is 0 Å². The zero-order chi connectivity index (χ0) is 21.7. The molecule has 2 aromatic carbocycles. The summed E-state index contributed by atoms with van der Waals surface area (Å²) in [4.78, 5) is 33.8. The lowest BCUT2D eigenvalue weighted by molar-refractivity contribution is -0.135. The minimum absolute atomic E-state index is 0.409. The van der Waals surface area contributed by atoms with E-state index in [9.17, 15) is 31.9 Å². The molecule has 0 bridgehead atoms. The van der Waals surface area contributed by atoms with Crippen molar-refractivity contribution in [3.8, 4) is 5.75 Å². The lowest BCUT2D eigenvalue weighted by Gasteiger charge is -2.10. The molecule has 0 heterocycles. The van der Waals surface area contributed by atoms with Crippen LogP contribution in [-0.4, -0.2) is 29.7 Å². The van der Waals surface area contributed by atoms with Gasteiger partial charge in [-0.05, 0) is 46.9 Å². The van der Waals surface area contributed by atoms with Crippen LogP contribution in [0, 0.1) is 26.8 Å². The predicted octanol–water partition coefficient (Wildman–Crippen LogP) is 4.09. The minimum Gasteiger partial charge on any atom is -0.477 e. The Hall–Kier alpha value is -2.90. The van der Waals surface area contributed by atoms with Crippen LogP contribution in [0.1, 0.15) is 16.8 Å². The standard InChI is InChI=1S/C17H10F4INO6/c18-11-10(16(25)26)12(19)14(21)15(13(11)20)29-9(24)5-6-28-17(27)23-8-3-1-7(22)2-4-8/h1-4H,5-6H2,(H,23,27)(H,25,26). The highest BCUT2D eigenvalue weighted by atomic mass is 127. The number of carboxylic acid groups (broad SMARTS) is 1. The lowest BCUT2D eigenvalue weighted by atomic mass is 10.1. The zero-order valence-corrected chi connectivity index (χ0v) is 16.3. The van der Waals surface area contributed by atoms with Crippen molar-refractivity contribution in [3.05, 3.63) is 56.7 Å². The first-order valence-corrected chi connectivity index (χ1v) is 8.69. The maximum atomic E-state index is 13.7. The number of amides is 1. The fourth-order valence-electron chi connectivity index (χ4n) is 1.97. The molecule has 7 nitrogen and oxygen atoms in total. The van der Waals surface area contributed by atoms with E-state index in [1.165, 1.54) is 0 Å². The van der Waals surface area contributed by atoms with Gasteiger partial charge in [0, 0.05) is 9.26 Å². The van der Waals surface area contributed by atoms with Crippen molar-refractivity contribution in [1.82, 2.24) is 0 Å². The van der Waals surface area contributed by atoms with Gasteiger partial charge >= 0.3 is 18.0 Å². The summed E-state index contributed by atoms with van der Waals surface area (Å²) in [5.41, 5.74) is -1.46. The van der Waals surface area contributed by atoms with Gasteiger partial charge in [-0.3, -0.25) is 10.1 Å². The fraction of sp³-hybridized carbons (Fsp3) is 0.118. The molecule has 0 spiro atoms. The van der Waals surface area contributed by atoms with E-state index in [2.05, 4.69) is 37.4 Å². The fourth-order valence-corrected chi connectivity index (χ4v) is 2.33. The Bertz CT molecular complexity index is 938. The summed E-state index contributed by atoms with van der Waals surface area (Å²) in [6.45, 7) is -0.573. The number of rotatable bonds is 6. The van der Waals surface area contributed by atoms with E-state index in [4.69, 9.17) is 5.11 Å². The topological polar surface area (TPSA) is 102 Å². The van der Waals surface area contributed by atoms with Gasteiger partial charge in [0.25, 0.3) is 0 Å². The van der Waals surface area contributed by atoms with Crippen molar-refractivity contribution >= 4 is 46.3 Å². The molecular formula is C17H10F4INO6. The molecule has 0 unspecified atom stereocenters. The molecule has 0 aliphatic heterocycles. The summed E-state index contributed by atoms with van der Waals surface area (Å²) in [5, 5.41) is 10.9.